The molecule has 20 heavy (non-hydrogen) atoms. The first-order chi connectivity index (χ1) is 9.35. The fourth-order valence-corrected chi connectivity index (χ4v) is 2.11. The highest BCUT2D eigenvalue weighted by Crippen LogP contribution is 2.27. The number of nitro benzene ring substituents is 1. The smallest absolute Gasteiger partial charge is 0.269 e. The Kier molecular flexibility index (Phi) is 4.08. The van der Waals surface area contributed by atoms with Crippen LogP contribution in [-0.4, -0.2) is 19.8 Å². The molecule has 0 bridgehead atoms. The lowest BCUT2D eigenvalue weighted by Gasteiger charge is -2.15. The summed E-state index contributed by atoms with van der Waals surface area (Å²) in [6, 6.07) is 6.08. The van der Waals surface area contributed by atoms with Crippen LogP contribution in [0.2, 0.25) is 0 Å². The van der Waals surface area contributed by atoms with Crippen molar-refractivity contribution < 1.29 is 9.45 Å². The number of nitrogens with zero attached hydrogens (tertiary/aromatic N) is 3. The normalized spacial score (nSPS) is 11.6. The summed E-state index contributed by atoms with van der Waals surface area (Å²) in [7, 11) is 0. The van der Waals surface area contributed by atoms with Gasteiger partial charge in [-0.1, -0.05) is 25.9 Å². The van der Waals surface area contributed by atoms with Gasteiger partial charge >= 0.3 is 0 Å². The van der Waals surface area contributed by atoms with Gasteiger partial charge in [-0.25, -0.2) is 0 Å². The maximum atomic E-state index is 10.6. The molecule has 0 aliphatic heterocycles. The summed E-state index contributed by atoms with van der Waals surface area (Å²) in [4.78, 5) is 14.4. The molecule has 0 N–H and O–H groups in total. The summed E-state index contributed by atoms with van der Waals surface area (Å²) in [6.45, 7) is 6.35. The lowest BCUT2D eigenvalue weighted by molar-refractivity contribution is -0.384. The molecule has 0 saturated carbocycles. The van der Waals surface area contributed by atoms with Gasteiger partial charge in [-0.3, -0.25) is 10.1 Å². The minimum Gasteiger partial charge on any atom is -0.338 e. The van der Waals surface area contributed by atoms with Crippen LogP contribution >= 0.6 is 11.8 Å². The van der Waals surface area contributed by atoms with Crippen LogP contribution in [0.25, 0.3) is 11.4 Å². The lowest BCUT2D eigenvalue weighted by atomic mass is 10.2. The van der Waals surface area contributed by atoms with Crippen LogP contribution in [0.5, 0.6) is 0 Å². The number of hydrogen-bond acceptors (Lipinski definition) is 6. The number of nitro groups is 1. The van der Waals surface area contributed by atoms with Gasteiger partial charge in [-0.2, -0.15) is 4.98 Å². The van der Waals surface area contributed by atoms with E-state index in [2.05, 4.69) is 30.9 Å². The van der Waals surface area contributed by atoms with E-state index in [1.807, 2.05) is 0 Å². The number of benzene rings is 1. The van der Waals surface area contributed by atoms with Crippen molar-refractivity contribution in [3.05, 3.63) is 40.3 Å². The predicted molar refractivity (Wildman–Crippen MR) is 77.4 cm³/mol. The molecule has 0 amide bonds. The third kappa shape index (κ3) is 3.80. The first kappa shape index (κ1) is 14.5. The zero-order valence-electron chi connectivity index (χ0n) is 11.5. The number of hydrogen-bond donors (Lipinski definition) is 0. The monoisotopic (exact) mass is 293 g/mol. The van der Waals surface area contributed by atoms with E-state index in [9.17, 15) is 10.1 Å². The molecule has 1 aromatic heterocycles. The molecule has 2 aromatic rings. The first-order valence-corrected chi connectivity index (χ1v) is 7.05. The van der Waals surface area contributed by atoms with Crippen molar-refractivity contribution in [3.8, 4) is 11.4 Å². The van der Waals surface area contributed by atoms with E-state index in [-0.39, 0.29) is 10.4 Å². The molecule has 0 atom stereocenters. The summed E-state index contributed by atoms with van der Waals surface area (Å²) < 4.78 is 5.30. The maximum absolute atomic E-state index is 10.6. The minimum absolute atomic E-state index is 0.0424. The van der Waals surface area contributed by atoms with Crippen molar-refractivity contribution in [2.75, 3.05) is 0 Å². The van der Waals surface area contributed by atoms with E-state index < -0.39 is 4.92 Å². The standard InChI is InChI=1S/C13H15N3O3S/c1-13(2,3)20-8-11-14-12(15-19-11)9-4-6-10(7-5-9)16(17)18/h4-7H,8H2,1-3H3. The SMILES string of the molecule is CC(C)(C)SCc1nc(-c2ccc([N+](=O)[O-])cc2)no1. The van der Waals surface area contributed by atoms with E-state index >= 15 is 0 Å². The van der Waals surface area contributed by atoms with Crippen molar-refractivity contribution in [2.45, 2.75) is 31.3 Å². The fourth-order valence-electron chi connectivity index (χ4n) is 1.44. The molecule has 0 fully saturated rings. The Hall–Kier alpha value is -1.89. The average Bonchev–Trinajstić information content (AvgIpc) is 2.84. The average molecular weight is 293 g/mol. The van der Waals surface area contributed by atoms with Crippen LogP contribution < -0.4 is 0 Å². The van der Waals surface area contributed by atoms with Gasteiger partial charge < -0.3 is 4.52 Å². The second kappa shape index (κ2) is 5.62. The molecule has 106 valence electrons. The third-order valence-corrected chi connectivity index (χ3v) is 3.69. The third-order valence-electron chi connectivity index (χ3n) is 2.43. The number of aromatic nitrogens is 2. The van der Waals surface area contributed by atoms with Gasteiger partial charge in [0.05, 0.1) is 10.7 Å². The van der Waals surface area contributed by atoms with E-state index in [0.717, 1.165) is 0 Å². The Labute approximate surface area is 120 Å². The molecule has 0 aliphatic rings. The highest BCUT2D eigenvalue weighted by Gasteiger charge is 2.15. The second-order valence-electron chi connectivity index (χ2n) is 5.22. The Morgan fingerprint density at radius 1 is 1.30 bits per heavy atom. The lowest BCUT2D eigenvalue weighted by Crippen LogP contribution is -2.07. The molecular formula is C13H15N3O3S. The van der Waals surface area contributed by atoms with Crippen LogP contribution in [0.1, 0.15) is 26.7 Å². The zero-order chi connectivity index (χ0) is 14.8. The molecule has 0 saturated heterocycles. The fraction of sp³-hybridized carbons (Fsp3) is 0.385. The van der Waals surface area contributed by atoms with Gasteiger partial charge in [0, 0.05) is 22.4 Å². The Balaban J connectivity index is 2.10. The molecule has 7 heteroatoms. The molecule has 0 radical (unpaired) electrons. The highest BCUT2D eigenvalue weighted by atomic mass is 32.2. The second-order valence-corrected chi connectivity index (χ2v) is 7.02. The molecule has 1 aromatic carbocycles. The summed E-state index contributed by atoms with van der Waals surface area (Å²) in [6.07, 6.45) is 0. The van der Waals surface area contributed by atoms with Crippen molar-refractivity contribution >= 4 is 17.4 Å². The van der Waals surface area contributed by atoms with Crippen molar-refractivity contribution in [1.29, 1.82) is 0 Å². The van der Waals surface area contributed by atoms with Gasteiger partial charge in [0.2, 0.25) is 11.7 Å². The van der Waals surface area contributed by atoms with Crippen LogP contribution in [0.15, 0.2) is 28.8 Å². The number of thioether (sulfide) groups is 1. The molecule has 0 aliphatic carbocycles. The largest absolute Gasteiger partial charge is 0.338 e. The molecule has 2 rings (SSSR count). The summed E-state index contributed by atoms with van der Waals surface area (Å²) >= 11 is 1.72. The van der Waals surface area contributed by atoms with Crippen molar-refractivity contribution in [2.24, 2.45) is 0 Å². The number of rotatable bonds is 4. The first-order valence-electron chi connectivity index (χ1n) is 6.06. The van der Waals surface area contributed by atoms with E-state index in [1.165, 1.54) is 12.1 Å². The Bertz CT molecular complexity index is 602. The van der Waals surface area contributed by atoms with Gasteiger partial charge in [0.1, 0.15) is 0 Å². The zero-order valence-corrected chi connectivity index (χ0v) is 12.3. The summed E-state index contributed by atoms with van der Waals surface area (Å²) in [5, 5.41) is 14.5. The van der Waals surface area contributed by atoms with Crippen LogP contribution in [0, 0.1) is 10.1 Å². The molecule has 1 heterocycles. The summed E-state index contributed by atoms with van der Waals surface area (Å²) in [5.41, 5.74) is 0.743. The molecular weight excluding hydrogens is 278 g/mol. The molecule has 0 unspecified atom stereocenters. The van der Waals surface area contributed by atoms with Gasteiger partial charge in [0.15, 0.2) is 0 Å². The quantitative estimate of drug-likeness (QED) is 0.631. The highest BCUT2D eigenvalue weighted by molar-refractivity contribution is 7.99. The topological polar surface area (TPSA) is 82.1 Å². The van der Waals surface area contributed by atoms with Gasteiger partial charge in [-0.05, 0) is 12.1 Å². The summed E-state index contributed by atoms with van der Waals surface area (Å²) in [5.74, 6) is 1.64. The predicted octanol–water partition coefficient (Wildman–Crippen LogP) is 3.68. The van der Waals surface area contributed by atoms with Crippen LogP contribution in [-0.2, 0) is 5.75 Å². The van der Waals surface area contributed by atoms with Crippen molar-refractivity contribution in [1.82, 2.24) is 10.1 Å². The molecule has 6 nitrogen and oxygen atoms in total. The minimum atomic E-state index is -0.439. The molecule has 0 spiro atoms. The maximum Gasteiger partial charge on any atom is 0.269 e. The van der Waals surface area contributed by atoms with E-state index in [1.54, 1.807) is 23.9 Å². The van der Waals surface area contributed by atoms with Crippen LogP contribution in [0.3, 0.4) is 0 Å². The van der Waals surface area contributed by atoms with Crippen molar-refractivity contribution in [3.63, 3.8) is 0 Å². The Morgan fingerprint density at radius 3 is 2.50 bits per heavy atom. The number of non-ortho nitro benzene ring substituents is 1. The van der Waals surface area contributed by atoms with E-state index in [4.69, 9.17) is 4.52 Å². The van der Waals surface area contributed by atoms with Gasteiger partial charge in [0.25, 0.3) is 5.69 Å². The van der Waals surface area contributed by atoms with Gasteiger partial charge in [-0.15, -0.1) is 11.8 Å². The Morgan fingerprint density at radius 2 is 1.95 bits per heavy atom. The van der Waals surface area contributed by atoms with E-state index in [0.29, 0.717) is 23.0 Å². The van der Waals surface area contributed by atoms with Crippen LogP contribution in [0.4, 0.5) is 5.69 Å².